The zero-order valence-corrected chi connectivity index (χ0v) is 21.7. The lowest BCUT2D eigenvalue weighted by atomic mass is 9.76. The van der Waals surface area contributed by atoms with Gasteiger partial charge in [-0.2, -0.15) is 5.10 Å². The van der Waals surface area contributed by atoms with Gasteiger partial charge in [0.25, 0.3) is 0 Å². The van der Waals surface area contributed by atoms with Crippen LogP contribution in [0.25, 0.3) is 11.1 Å². The van der Waals surface area contributed by atoms with Crippen molar-refractivity contribution >= 4 is 12.1 Å². The van der Waals surface area contributed by atoms with E-state index in [0.717, 1.165) is 29.7 Å². The summed E-state index contributed by atoms with van der Waals surface area (Å²) in [5.74, 6) is 0.0814. The molecule has 1 aromatic carbocycles. The Morgan fingerprint density at radius 2 is 2.00 bits per heavy atom. The van der Waals surface area contributed by atoms with Gasteiger partial charge in [0.1, 0.15) is 6.61 Å². The largest absolute Gasteiger partial charge is 0.481 e. The highest BCUT2D eigenvalue weighted by molar-refractivity contribution is 5.70. The van der Waals surface area contributed by atoms with E-state index in [1.165, 1.54) is 24.8 Å². The standard InChI is InChI=1S/C28H37N3O5/c1-18(19-6-5-7-19)30(3)26(34)35-16-24-23(15-29-31(24)4)20-8-10-21(11-9-20)27(2)12-22-13-28(22,36-17-27)14-25(32)33/h8-11,15,18-19,22H,5-7,12-14,16-17H2,1-4H3,(H,32,33). The Balaban J connectivity index is 1.24. The maximum atomic E-state index is 12.7. The molecular formula is C28H37N3O5. The van der Waals surface area contributed by atoms with Gasteiger partial charge in [0.05, 0.1) is 30.5 Å². The van der Waals surface area contributed by atoms with E-state index < -0.39 is 11.6 Å². The van der Waals surface area contributed by atoms with Crippen LogP contribution in [0, 0.1) is 11.8 Å². The van der Waals surface area contributed by atoms with Crippen molar-refractivity contribution in [2.75, 3.05) is 13.7 Å². The molecule has 4 atom stereocenters. The molecule has 194 valence electrons. The van der Waals surface area contributed by atoms with Crippen LogP contribution in [0.4, 0.5) is 4.79 Å². The number of carbonyl (C=O) groups is 2. The second-order valence-electron chi connectivity index (χ2n) is 11.4. The molecular weight excluding hydrogens is 458 g/mol. The summed E-state index contributed by atoms with van der Waals surface area (Å²) in [5.41, 5.74) is 3.41. The minimum Gasteiger partial charge on any atom is -0.481 e. The van der Waals surface area contributed by atoms with E-state index in [1.807, 2.05) is 20.3 Å². The predicted molar refractivity (Wildman–Crippen MR) is 134 cm³/mol. The molecule has 2 aliphatic carbocycles. The Kier molecular flexibility index (Phi) is 6.35. The molecule has 1 aromatic heterocycles. The summed E-state index contributed by atoms with van der Waals surface area (Å²) in [4.78, 5) is 25.6. The van der Waals surface area contributed by atoms with Gasteiger partial charge in [-0.25, -0.2) is 4.79 Å². The molecule has 0 radical (unpaired) electrons. The maximum Gasteiger partial charge on any atom is 0.410 e. The van der Waals surface area contributed by atoms with E-state index in [9.17, 15) is 14.7 Å². The number of fused-ring (bicyclic) bond motifs is 1. The van der Waals surface area contributed by atoms with Crippen molar-refractivity contribution in [2.45, 2.75) is 76.0 Å². The molecule has 36 heavy (non-hydrogen) atoms. The molecule has 0 spiro atoms. The normalized spacial score (nSPS) is 28.1. The van der Waals surface area contributed by atoms with E-state index in [2.05, 4.69) is 43.2 Å². The molecule has 1 N–H and O–H groups in total. The first-order valence-corrected chi connectivity index (χ1v) is 13.0. The Labute approximate surface area is 212 Å². The van der Waals surface area contributed by atoms with E-state index in [-0.39, 0.29) is 30.6 Å². The predicted octanol–water partition coefficient (Wildman–Crippen LogP) is 4.76. The second-order valence-corrected chi connectivity index (χ2v) is 11.4. The van der Waals surface area contributed by atoms with Gasteiger partial charge in [-0.1, -0.05) is 37.6 Å². The van der Waals surface area contributed by atoms with Gasteiger partial charge in [-0.3, -0.25) is 9.48 Å². The lowest BCUT2D eigenvalue weighted by Crippen LogP contribution is -2.42. The van der Waals surface area contributed by atoms with E-state index in [1.54, 1.807) is 9.58 Å². The molecule has 5 rings (SSSR count). The molecule has 3 fully saturated rings. The van der Waals surface area contributed by atoms with Crippen molar-refractivity contribution < 1.29 is 24.2 Å². The fraction of sp³-hybridized carbons (Fsp3) is 0.607. The smallest absolute Gasteiger partial charge is 0.410 e. The molecule has 1 aliphatic heterocycles. The van der Waals surface area contributed by atoms with Crippen molar-refractivity contribution in [1.82, 2.24) is 14.7 Å². The van der Waals surface area contributed by atoms with Gasteiger partial charge in [0.2, 0.25) is 0 Å². The summed E-state index contributed by atoms with van der Waals surface area (Å²) in [6.45, 7) is 4.97. The number of carbonyl (C=O) groups excluding carboxylic acids is 1. The van der Waals surface area contributed by atoms with Gasteiger partial charge in [-0.05, 0) is 55.6 Å². The van der Waals surface area contributed by atoms with Crippen molar-refractivity contribution in [3.8, 4) is 11.1 Å². The summed E-state index contributed by atoms with van der Waals surface area (Å²) in [7, 11) is 3.68. The average molecular weight is 496 g/mol. The number of hydrogen-bond acceptors (Lipinski definition) is 5. The zero-order chi connectivity index (χ0) is 25.7. The maximum absolute atomic E-state index is 12.7. The average Bonchev–Trinajstić information content (AvgIpc) is 3.37. The van der Waals surface area contributed by atoms with Crippen LogP contribution in [0.2, 0.25) is 0 Å². The van der Waals surface area contributed by atoms with Crippen molar-refractivity contribution in [1.29, 1.82) is 0 Å². The van der Waals surface area contributed by atoms with E-state index in [0.29, 0.717) is 18.4 Å². The molecule has 2 saturated carbocycles. The Bertz CT molecular complexity index is 1140. The monoisotopic (exact) mass is 495 g/mol. The van der Waals surface area contributed by atoms with Crippen LogP contribution in [-0.2, 0) is 33.3 Å². The quantitative estimate of drug-likeness (QED) is 0.568. The van der Waals surface area contributed by atoms with Crippen LogP contribution in [0.5, 0.6) is 0 Å². The van der Waals surface area contributed by atoms with E-state index in [4.69, 9.17) is 9.47 Å². The number of benzene rings is 1. The number of ether oxygens (including phenoxy) is 2. The Morgan fingerprint density at radius 3 is 2.61 bits per heavy atom. The number of rotatable bonds is 8. The number of aliphatic carboxylic acids is 1. The highest BCUT2D eigenvalue weighted by Crippen LogP contribution is 2.59. The minimum atomic E-state index is -0.789. The summed E-state index contributed by atoms with van der Waals surface area (Å²) in [5, 5.41) is 13.6. The Hall–Kier alpha value is -2.87. The molecule has 8 heteroatoms. The van der Waals surface area contributed by atoms with Gasteiger partial charge >= 0.3 is 12.1 Å². The summed E-state index contributed by atoms with van der Waals surface area (Å²) in [6.07, 6.45) is 6.96. The molecule has 1 amide bonds. The SMILES string of the molecule is CC(C1CCC1)N(C)C(=O)OCc1c(-c2ccc(C3(C)COC4(CC(=O)O)CC4C3)cc2)cnn1C. The third kappa shape index (κ3) is 4.51. The van der Waals surface area contributed by atoms with Crippen molar-refractivity contribution in [3.63, 3.8) is 0 Å². The van der Waals surface area contributed by atoms with Crippen LogP contribution in [0.3, 0.4) is 0 Å². The third-order valence-electron chi connectivity index (χ3n) is 9.02. The van der Waals surface area contributed by atoms with Crippen LogP contribution in [-0.4, -0.2) is 57.1 Å². The molecule has 2 heterocycles. The van der Waals surface area contributed by atoms with Crippen LogP contribution >= 0.6 is 0 Å². The number of carboxylic acid groups (broad SMARTS) is 1. The van der Waals surface area contributed by atoms with Gasteiger partial charge in [0.15, 0.2) is 0 Å². The first-order valence-electron chi connectivity index (χ1n) is 13.0. The number of carboxylic acids is 1. The van der Waals surface area contributed by atoms with Crippen LogP contribution < -0.4 is 0 Å². The minimum absolute atomic E-state index is 0.0936. The van der Waals surface area contributed by atoms with Gasteiger partial charge < -0.3 is 19.5 Å². The highest BCUT2D eigenvalue weighted by Gasteiger charge is 2.62. The second kappa shape index (κ2) is 9.21. The lowest BCUT2D eigenvalue weighted by Gasteiger charge is -2.37. The fourth-order valence-corrected chi connectivity index (χ4v) is 5.99. The topological polar surface area (TPSA) is 93.9 Å². The van der Waals surface area contributed by atoms with Crippen LogP contribution in [0.15, 0.2) is 30.5 Å². The first-order chi connectivity index (χ1) is 17.1. The summed E-state index contributed by atoms with van der Waals surface area (Å²) >= 11 is 0. The molecule has 2 aromatic rings. The number of aryl methyl sites for hydroxylation is 1. The number of hydrogen-bond donors (Lipinski definition) is 1. The summed E-state index contributed by atoms with van der Waals surface area (Å²) in [6, 6.07) is 8.60. The van der Waals surface area contributed by atoms with Crippen molar-refractivity contribution in [2.24, 2.45) is 18.9 Å². The third-order valence-corrected chi connectivity index (χ3v) is 9.02. The van der Waals surface area contributed by atoms with Crippen LogP contribution in [0.1, 0.15) is 63.6 Å². The summed E-state index contributed by atoms with van der Waals surface area (Å²) < 4.78 is 13.6. The number of aromatic nitrogens is 2. The first kappa shape index (κ1) is 24.8. The molecule has 4 unspecified atom stereocenters. The van der Waals surface area contributed by atoms with Gasteiger partial charge in [0, 0.05) is 31.1 Å². The molecule has 3 aliphatic rings. The van der Waals surface area contributed by atoms with Gasteiger partial charge in [-0.15, -0.1) is 0 Å². The Morgan fingerprint density at radius 1 is 1.28 bits per heavy atom. The van der Waals surface area contributed by atoms with E-state index >= 15 is 0 Å². The number of amides is 1. The number of nitrogens with zero attached hydrogens (tertiary/aromatic N) is 3. The zero-order valence-electron chi connectivity index (χ0n) is 21.7. The molecule has 1 saturated heterocycles. The highest BCUT2D eigenvalue weighted by atomic mass is 16.6. The fourth-order valence-electron chi connectivity index (χ4n) is 5.99. The van der Waals surface area contributed by atoms with Crippen molar-refractivity contribution in [3.05, 3.63) is 41.7 Å². The molecule has 0 bridgehead atoms. The lowest BCUT2D eigenvalue weighted by molar-refractivity contribution is -0.143. The molecule has 8 nitrogen and oxygen atoms in total.